The first kappa shape index (κ1) is 35.4. The summed E-state index contributed by atoms with van der Waals surface area (Å²) in [6.07, 6.45) is 22.3. The molecule has 0 aromatic heterocycles. The number of allylic oxidation sites excluding steroid dienone is 10. The maximum Gasteiger partial charge on any atom is 0.343 e. The Bertz CT molecular complexity index is 1510. The number of aliphatic hydroxyl groups excluding tert-OH is 1. The molecule has 0 aromatic carbocycles. The van der Waals surface area contributed by atoms with Gasteiger partial charge in [0, 0.05) is 30.8 Å². The average Bonchev–Trinajstić information content (AvgIpc) is 3.36. The maximum absolute atomic E-state index is 12.5. The normalized spacial score (nSPS) is 34.9. The van der Waals surface area contributed by atoms with Gasteiger partial charge in [0.15, 0.2) is 0 Å². The molecule has 248 valence electrons. The Morgan fingerprint density at radius 3 is 2.22 bits per heavy atom. The quantitative estimate of drug-likeness (QED) is 0.126. The van der Waals surface area contributed by atoms with Crippen LogP contribution in [0.4, 0.5) is 0 Å². The summed E-state index contributed by atoms with van der Waals surface area (Å²) in [6.45, 7) is 17.3. The second-order valence-electron chi connectivity index (χ2n) is 14.9. The number of carbonyl (C=O) groups is 2. The van der Waals surface area contributed by atoms with E-state index >= 15 is 0 Å². The fourth-order valence-electron chi connectivity index (χ4n) is 7.61. The molecule has 2 aliphatic carbocycles. The number of hydrogen-bond donors (Lipinski definition) is 2. The lowest BCUT2D eigenvalue weighted by Crippen LogP contribution is -2.46. The van der Waals surface area contributed by atoms with Crippen molar-refractivity contribution >= 4 is 11.9 Å². The third kappa shape index (κ3) is 7.72. The number of fused-ring (bicyclic) bond motifs is 1. The Morgan fingerprint density at radius 2 is 1.61 bits per heavy atom. The predicted molar refractivity (Wildman–Crippen MR) is 179 cm³/mol. The molecule has 5 atom stereocenters. The van der Waals surface area contributed by atoms with E-state index in [1.54, 1.807) is 19.1 Å². The van der Waals surface area contributed by atoms with Crippen molar-refractivity contribution in [2.75, 3.05) is 0 Å². The van der Waals surface area contributed by atoms with E-state index < -0.39 is 22.8 Å². The van der Waals surface area contributed by atoms with Crippen LogP contribution in [0.5, 0.6) is 0 Å². The number of ether oxygens (including phenoxy) is 3. The Kier molecular flexibility index (Phi) is 9.97. The van der Waals surface area contributed by atoms with Crippen molar-refractivity contribution in [1.29, 1.82) is 0 Å². The smallest absolute Gasteiger partial charge is 0.343 e. The van der Waals surface area contributed by atoms with E-state index in [-0.39, 0.29) is 29.0 Å². The first-order valence-corrected chi connectivity index (χ1v) is 16.1. The van der Waals surface area contributed by atoms with Gasteiger partial charge in [-0.2, -0.15) is 0 Å². The van der Waals surface area contributed by atoms with Gasteiger partial charge >= 0.3 is 11.9 Å². The minimum Gasteiger partial charge on any atom is -0.462 e. The van der Waals surface area contributed by atoms with E-state index in [9.17, 15) is 19.8 Å². The zero-order valence-corrected chi connectivity index (χ0v) is 28.8. The lowest BCUT2D eigenvalue weighted by Gasteiger charge is -2.44. The lowest BCUT2D eigenvalue weighted by atomic mass is 9.63. The SMILES string of the molecule is CC(=O)O[C@H]1CC(C)(C)C(=C=C/C(C)=C/C=C/C=C/C=C(C)/C=C2C=C(/C=C/[C@@]34O[C@]3(C)C[C@@H](O)CC4(C)C)C(=O)O\2)[C@](C)(O)C1. The number of carbonyl (C=O) groups excluding carboxylic acids is 2. The topological polar surface area (TPSA) is 106 Å². The van der Waals surface area contributed by atoms with Crippen LogP contribution in [0.3, 0.4) is 0 Å². The van der Waals surface area contributed by atoms with Crippen LogP contribution in [0.1, 0.15) is 88.0 Å². The molecular formula is C39H50O7. The van der Waals surface area contributed by atoms with Gasteiger partial charge < -0.3 is 24.4 Å². The number of aliphatic hydroxyl groups is 2. The molecule has 2 heterocycles. The first-order valence-electron chi connectivity index (χ1n) is 16.1. The molecule has 1 saturated heterocycles. The van der Waals surface area contributed by atoms with E-state index in [1.807, 2.05) is 89.3 Å². The second kappa shape index (κ2) is 13.0. The van der Waals surface area contributed by atoms with Crippen LogP contribution in [0.2, 0.25) is 0 Å². The predicted octanol–water partition coefficient (Wildman–Crippen LogP) is 7.21. The highest BCUT2D eigenvalue weighted by molar-refractivity contribution is 5.95. The van der Waals surface area contributed by atoms with Gasteiger partial charge in [-0.3, -0.25) is 4.79 Å². The largest absolute Gasteiger partial charge is 0.462 e. The summed E-state index contributed by atoms with van der Waals surface area (Å²) in [7, 11) is 0. The molecule has 0 bridgehead atoms. The highest BCUT2D eigenvalue weighted by Crippen LogP contribution is 2.66. The fraction of sp³-hybridized carbons (Fsp3) is 0.513. The zero-order chi connectivity index (χ0) is 34.1. The Morgan fingerprint density at radius 1 is 0.957 bits per heavy atom. The van der Waals surface area contributed by atoms with Gasteiger partial charge in [0.25, 0.3) is 0 Å². The van der Waals surface area contributed by atoms with Crippen molar-refractivity contribution < 1.29 is 34.0 Å². The summed E-state index contributed by atoms with van der Waals surface area (Å²) in [4.78, 5) is 24.0. The Labute approximate surface area is 274 Å². The van der Waals surface area contributed by atoms with Crippen molar-refractivity contribution in [3.63, 3.8) is 0 Å². The molecule has 0 aromatic rings. The van der Waals surface area contributed by atoms with Crippen LogP contribution >= 0.6 is 0 Å². The highest BCUT2D eigenvalue weighted by Gasteiger charge is 2.74. The summed E-state index contributed by atoms with van der Waals surface area (Å²) in [5, 5.41) is 21.4. The average molecular weight is 631 g/mol. The zero-order valence-electron chi connectivity index (χ0n) is 28.8. The van der Waals surface area contributed by atoms with Crippen molar-refractivity contribution in [1.82, 2.24) is 0 Å². The maximum atomic E-state index is 12.5. The molecule has 46 heavy (non-hydrogen) atoms. The molecule has 3 fully saturated rings. The van der Waals surface area contributed by atoms with Crippen molar-refractivity contribution in [2.45, 2.75) is 117 Å². The Balaban J connectivity index is 1.35. The third-order valence-corrected chi connectivity index (χ3v) is 9.53. The number of epoxide rings is 1. The molecule has 7 heteroatoms. The molecule has 4 aliphatic rings. The van der Waals surface area contributed by atoms with Gasteiger partial charge in [0.1, 0.15) is 23.1 Å². The molecule has 0 spiro atoms. The first-order chi connectivity index (χ1) is 21.3. The minimum absolute atomic E-state index is 0.256. The van der Waals surface area contributed by atoms with E-state index in [0.717, 1.165) is 16.7 Å². The molecular weight excluding hydrogens is 580 g/mol. The van der Waals surface area contributed by atoms with E-state index in [4.69, 9.17) is 14.2 Å². The van der Waals surface area contributed by atoms with Gasteiger partial charge in [0.2, 0.25) is 0 Å². The van der Waals surface area contributed by atoms with Crippen LogP contribution in [-0.4, -0.2) is 51.2 Å². The van der Waals surface area contributed by atoms with Crippen molar-refractivity contribution in [2.24, 2.45) is 10.8 Å². The lowest BCUT2D eigenvalue weighted by molar-refractivity contribution is -0.152. The summed E-state index contributed by atoms with van der Waals surface area (Å²) in [5.74, 6) is -0.242. The van der Waals surface area contributed by atoms with Crippen molar-refractivity contribution in [3.05, 3.63) is 101 Å². The molecule has 2 N–H and O–H groups in total. The van der Waals surface area contributed by atoms with E-state index in [2.05, 4.69) is 19.6 Å². The number of esters is 2. The van der Waals surface area contributed by atoms with Gasteiger partial charge in [-0.1, -0.05) is 64.2 Å². The van der Waals surface area contributed by atoms with Crippen LogP contribution in [0.25, 0.3) is 0 Å². The van der Waals surface area contributed by atoms with E-state index in [1.165, 1.54) is 6.92 Å². The summed E-state index contributed by atoms with van der Waals surface area (Å²) >= 11 is 0. The minimum atomic E-state index is -1.12. The second-order valence-corrected chi connectivity index (χ2v) is 14.9. The third-order valence-electron chi connectivity index (χ3n) is 9.53. The van der Waals surface area contributed by atoms with Gasteiger partial charge in [0.05, 0.1) is 17.3 Å². The molecule has 2 saturated carbocycles. The molecule has 4 rings (SSSR count). The summed E-state index contributed by atoms with van der Waals surface area (Å²) in [6, 6.07) is 0. The summed E-state index contributed by atoms with van der Waals surface area (Å²) < 4.78 is 17.1. The van der Waals surface area contributed by atoms with Crippen LogP contribution in [0, 0.1) is 10.8 Å². The van der Waals surface area contributed by atoms with Crippen molar-refractivity contribution in [3.8, 4) is 0 Å². The standard InChI is InChI=1S/C39H50O7/c1-26(16-17-33-35(4,5)24-32(44-28(3)40)25-37(33,8)43)14-12-10-11-13-15-27(2)20-31-21-29(34(42)45-31)18-19-39-36(6,7)22-30(41)23-38(39,9)46-39/h10-16,18-21,30,32,41,43H,22-25H2,1-9H3/b12-10+,13-11+,19-18+,26-14+,27-15+,31-20+/t17?,30-,32-,37+,38+,39-/m0/s1. The highest BCUT2D eigenvalue weighted by atomic mass is 16.6. The van der Waals surface area contributed by atoms with Gasteiger partial charge in [-0.05, 0) is 87.5 Å². The van der Waals surface area contributed by atoms with Crippen LogP contribution in [-0.2, 0) is 23.8 Å². The fourth-order valence-corrected chi connectivity index (χ4v) is 7.61. The number of cyclic esters (lactones) is 1. The number of rotatable bonds is 8. The van der Waals surface area contributed by atoms with Gasteiger partial charge in [-0.15, -0.1) is 5.73 Å². The van der Waals surface area contributed by atoms with Crippen LogP contribution in [0.15, 0.2) is 101 Å². The molecule has 0 unspecified atom stereocenters. The Hall–Kier alpha value is -3.48. The monoisotopic (exact) mass is 630 g/mol. The molecule has 0 radical (unpaired) electrons. The number of hydrogen-bond acceptors (Lipinski definition) is 7. The van der Waals surface area contributed by atoms with Gasteiger partial charge in [-0.25, -0.2) is 4.79 Å². The molecule has 2 aliphatic heterocycles. The molecule has 0 amide bonds. The van der Waals surface area contributed by atoms with E-state index in [0.29, 0.717) is 37.0 Å². The van der Waals surface area contributed by atoms with Crippen LogP contribution < -0.4 is 0 Å². The molecule has 7 nitrogen and oxygen atoms in total. The summed E-state index contributed by atoms with van der Waals surface area (Å²) in [5.41, 5.74) is 3.82.